The molecule has 1 aromatic carbocycles. The van der Waals surface area contributed by atoms with Crippen molar-refractivity contribution < 1.29 is 13.2 Å². The van der Waals surface area contributed by atoms with Gasteiger partial charge in [-0.1, -0.05) is 26.0 Å². The first-order valence-electron chi connectivity index (χ1n) is 7.48. The monoisotopic (exact) mass is 309 g/mol. The standard InChI is InChI=1S/C16H23NO3S/c1-12(2)11-21(19,20)15-7-5-13(6-8-15)16(18)14-4-3-9-17-10-14/h5-8,12,14,17H,3-4,9-11H2,1-2H3. The number of benzene rings is 1. The number of ketones is 1. The van der Waals surface area contributed by atoms with Crippen molar-refractivity contribution in [3.8, 4) is 0 Å². The van der Waals surface area contributed by atoms with Crippen LogP contribution in [0, 0.1) is 11.8 Å². The molecule has 1 heterocycles. The molecule has 0 aliphatic carbocycles. The van der Waals surface area contributed by atoms with Gasteiger partial charge in [-0.25, -0.2) is 8.42 Å². The first kappa shape index (κ1) is 16.2. The number of carbonyl (C=O) groups excluding carboxylic acids is 1. The zero-order valence-electron chi connectivity index (χ0n) is 12.6. The second-order valence-corrected chi connectivity index (χ2v) is 8.14. The molecule has 0 aromatic heterocycles. The lowest BCUT2D eigenvalue weighted by Crippen LogP contribution is -2.34. The predicted molar refractivity (Wildman–Crippen MR) is 83.3 cm³/mol. The van der Waals surface area contributed by atoms with Gasteiger partial charge in [0.05, 0.1) is 10.6 Å². The highest BCUT2D eigenvalue weighted by atomic mass is 32.2. The summed E-state index contributed by atoms with van der Waals surface area (Å²) >= 11 is 0. The molecule has 5 heteroatoms. The molecule has 1 atom stereocenters. The zero-order chi connectivity index (χ0) is 15.5. The van der Waals surface area contributed by atoms with Gasteiger partial charge in [0, 0.05) is 18.0 Å². The van der Waals surface area contributed by atoms with Crippen molar-refractivity contribution in [3.63, 3.8) is 0 Å². The second-order valence-electron chi connectivity index (χ2n) is 6.11. The summed E-state index contributed by atoms with van der Waals surface area (Å²) in [6, 6.07) is 6.40. The number of rotatable bonds is 5. The Morgan fingerprint density at radius 3 is 2.48 bits per heavy atom. The minimum Gasteiger partial charge on any atom is -0.316 e. The molecule has 0 spiro atoms. The Morgan fingerprint density at radius 2 is 1.95 bits per heavy atom. The Bertz CT molecular complexity index is 584. The third kappa shape index (κ3) is 4.14. The number of carbonyl (C=O) groups is 1. The van der Waals surface area contributed by atoms with E-state index in [2.05, 4.69) is 5.32 Å². The van der Waals surface area contributed by atoms with Crippen molar-refractivity contribution in [1.82, 2.24) is 5.32 Å². The summed E-state index contributed by atoms with van der Waals surface area (Å²) in [6.07, 6.45) is 1.91. The van der Waals surface area contributed by atoms with E-state index in [9.17, 15) is 13.2 Å². The van der Waals surface area contributed by atoms with E-state index < -0.39 is 9.84 Å². The molecule has 0 saturated carbocycles. The normalized spacial score (nSPS) is 19.7. The zero-order valence-corrected chi connectivity index (χ0v) is 13.4. The minimum absolute atomic E-state index is 0.0110. The lowest BCUT2D eigenvalue weighted by molar-refractivity contribution is 0.0899. The average Bonchev–Trinajstić information content (AvgIpc) is 2.46. The maximum absolute atomic E-state index is 12.3. The first-order chi connectivity index (χ1) is 9.90. The molecule has 0 radical (unpaired) electrons. The summed E-state index contributed by atoms with van der Waals surface area (Å²) in [5, 5.41) is 3.23. The molecule has 21 heavy (non-hydrogen) atoms. The summed E-state index contributed by atoms with van der Waals surface area (Å²) in [6.45, 7) is 5.44. The van der Waals surface area contributed by atoms with E-state index in [4.69, 9.17) is 0 Å². The summed E-state index contributed by atoms with van der Waals surface area (Å²) in [5.41, 5.74) is 0.604. The Balaban J connectivity index is 2.13. The molecular weight excluding hydrogens is 286 g/mol. The third-order valence-corrected chi connectivity index (χ3v) is 5.81. The number of hydrogen-bond donors (Lipinski definition) is 1. The van der Waals surface area contributed by atoms with Crippen LogP contribution in [0.2, 0.25) is 0 Å². The van der Waals surface area contributed by atoms with Crippen LogP contribution < -0.4 is 5.32 Å². The molecule has 1 unspecified atom stereocenters. The smallest absolute Gasteiger partial charge is 0.178 e. The van der Waals surface area contributed by atoms with Crippen molar-refractivity contribution >= 4 is 15.6 Å². The Labute approximate surface area is 126 Å². The summed E-state index contributed by atoms with van der Waals surface area (Å²) in [4.78, 5) is 12.6. The number of sulfone groups is 1. The van der Waals surface area contributed by atoms with Crippen LogP contribution in [0.15, 0.2) is 29.2 Å². The molecule has 0 bridgehead atoms. The van der Waals surface area contributed by atoms with E-state index in [0.29, 0.717) is 17.0 Å². The molecule has 0 amide bonds. The molecule has 1 fully saturated rings. The second kappa shape index (κ2) is 6.71. The van der Waals surface area contributed by atoms with E-state index in [1.54, 1.807) is 24.3 Å². The first-order valence-corrected chi connectivity index (χ1v) is 9.13. The molecule has 116 valence electrons. The minimum atomic E-state index is -3.25. The molecule has 1 aliphatic heterocycles. The molecule has 1 saturated heterocycles. The Hall–Kier alpha value is -1.20. The van der Waals surface area contributed by atoms with Crippen LogP contribution in [-0.2, 0) is 9.84 Å². The van der Waals surface area contributed by atoms with Crippen LogP contribution in [0.5, 0.6) is 0 Å². The Kier molecular flexibility index (Phi) is 5.17. The number of Topliss-reactive ketones (excluding diaryl/α,β-unsaturated/α-hetero) is 1. The molecule has 1 aliphatic rings. The van der Waals surface area contributed by atoms with E-state index in [1.165, 1.54) is 0 Å². The van der Waals surface area contributed by atoms with E-state index in [0.717, 1.165) is 19.4 Å². The van der Waals surface area contributed by atoms with Gasteiger partial charge in [0.25, 0.3) is 0 Å². The van der Waals surface area contributed by atoms with Gasteiger partial charge in [0.1, 0.15) is 0 Å². The van der Waals surface area contributed by atoms with E-state index in [1.807, 2.05) is 13.8 Å². The SMILES string of the molecule is CC(C)CS(=O)(=O)c1ccc(C(=O)C2CCCNC2)cc1. The topological polar surface area (TPSA) is 63.2 Å². The van der Waals surface area contributed by atoms with Crippen LogP contribution in [0.4, 0.5) is 0 Å². The lowest BCUT2D eigenvalue weighted by atomic mass is 9.91. The molecular formula is C16H23NO3S. The van der Waals surface area contributed by atoms with Crippen LogP contribution in [-0.4, -0.2) is 33.0 Å². The molecule has 1 N–H and O–H groups in total. The van der Waals surface area contributed by atoms with Crippen molar-refractivity contribution in [2.45, 2.75) is 31.6 Å². The maximum atomic E-state index is 12.3. The van der Waals surface area contributed by atoms with Crippen LogP contribution in [0.1, 0.15) is 37.0 Å². The number of nitrogens with one attached hydrogen (secondary N) is 1. The van der Waals surface area contributed by atoms with Gasteiger partial charge in [0.2, 0.25) is 0 Å². The highest BCUT2D eigenvalue weighted by Crippen LogP contribution is 2.19. The molecule has 1 aromatic rings. The van der Waals surface area contributed by atoms with Crippen LogP contribution in [0.3, 0.4) is 0 Å². The number of hydrogen-bond acceptors (Lipinski definition) is 4. The number of piperidine rings is 1. The summed E-state index contributed by atoms with van der Waals surface area (Å²) < 4.78 is 24.3. The molecule has 2 rings (SSSR count). The van der Waals surface area contributed by atoms with Crippen LogP contribution in [0.25, 0.3) is 0 Å². The van der Waals surface area contributed by atoms with Crippen molar-refractivity contribution in [1.29, 1.82) is 0 Å². The predicted octanol–water partition coefficient (Wildman–Crippen LogP) is 2.30. The maximum Gasteiger partial charge on any atom is 0.178 e. The summed E-state index contributed by atoms with van der Waals surface area (Å²) in [5.74, 6) is 0.337. The summed E-state index contributed by atoms with van der Waals surface area (Å²) in [7, 11) is -3.25. The molecule has 4 nitrogen and oxygen atoms in total. The quantitative estimate of drug-likeness (QED) is 0.848. The van der Waals surface area contributed by atoms with Crippen LogP contribution >= 0.6 is 0 Å². The highest BCUT2D eigenvalue weighted by Gasteiger charge is 2.23. The Morgan fingerprint density at radius 1 is 1.29 bits per heavy atom. The highest BCUT2D eigenvalue weighted by molar-refractivity contribution is 7.91. The van der Waals surface area contributed by atoms with Gasteiger partial charge in [-0.2, -0.15) is 0 Å². The van der Waals surface area contributed by atoms with Gasteiger partial charge in [-0.05, 0) is 37.4 Å². The fourth-order valence-corrected chi connectivity index (χ4v) is 4.29. The lowest BCUT2D eigenvalue weighted by Gasteiger charge is -2.21. The van der Waals surface area contributed by atoms with Crippen molar-refractivity contribution in [2.75, 3.05) is 18.8 Å². The fraction of sp³-hybridized carbons (Fsp3) is 0.562. The van der Waals surface area contributed by atoms with Crippen molar-refractivity contribution in [3.05, 3.63) is 29.8 Å². The third-order valence-electron chi connectivity index (χ3n) is 3.72. The largest absolute Gasteiger partial charge is 0.316 e. The van der Waals surface area contributed by atoms with Gasteiger partial charge in [-0.3, -0.25) is 4.79 Å². The van der Waals surface area contributed by atoms with Gasteiger partial charge in [0.15, 0.2) is 15.6 Å². The van der Waals surface area contributed by atoms with E-state index >= 15 is 0 Å². The average molecular weight is 309 g/mol. The van der Waals surface area contributed by atoms with Gasteiger partial charge in [-0.15, -0.1) is 0 Å². The fourth-order valence-electron chi connectivity index (χ4n) is 2.67. The van der Waals surface area contributed by atoms with Gasteiger partial charge < -0.3 is 5.32 Å². The van der Waals surface area contributed by atoms with Gasteiger partial charge >= 0.3 is 0 Å². The van der Waals surface area contributed by atoms with Crippen molar-refractivity contribution in [2.24, 2.45) is 11.8 Å². The van der Waals surface area contributed by atoms with E-state index in [-0.39, 0.29) is 23.4 Å².